The Morgan fingerprint density at radius 1 is 1.24 bits per heavy atom. The lowest BCUT2D eigenvalue weighted by atomic mass is 9.99. The fourth-order valence-electron chi connectivity index (χ4n) is 2.72. The Labute approximate surface area is 127 Å². The molecule has 114 valence electrons. The maximum atomic E-state index is 12.2. The van der Waals surface area contributed by atoms with Gasteiger partial charge in [-0.1, -0.05) is 30.3 Å². The second-order valence-electron chi connectivity index (χ2n) is 5.40. The molecule has 0 aromatic heterocycles. The fraction of sp³-hybridized carbons (Fsp3) is 0.500. The van der Waals surface area contributed by atoms with Crippen molar-refractivity contribution in [2.75, 3.05) is 13.2 Å². The van der Waals surface area contributed by atoms with Gasteiger partial charge in [-0.2, -0.15) is 0 Å². The molecule has 1 aromatic rings. The molecule has 0 radical (unpaired) electrons. The molecule has 0 saturated carbocycles. The number of allylic oxidation sites excluding steroid dienone is 1. The van der Waals surface area contributed by atoms with Crippen LogP contribution in [-0.4, -0.2) is 19.1 Å². The van der Waals surface area contributed by atoms with Crippen molar-refractivity contribution in [2.45, 2.75) is 45.4 Å². The third-order valence-electron chi connectivity index (χ3n) is 3.81. The van der Waals surface area contributed by atoms with Gasteiger partial charge in [0.2, 0.25) is 0 Å². The van der Waals surface area contributed by atoms with Gasteiger partial charge in [0.05, 0.1) is 12.2 Å². The van der Waals surface area contributed by atoms with Gasteiger partial charge in [-0.3, -0.25) is 0 Å². The zero-order valence-electron chi connectivity index (χ0n) is 12.9. The Hall–Kier alpha value is -1.77. The topological polar surface area (TPSA) is 38.3 Å². The number of hydrogen-bond acceptors (Lipinski definition) is 3. The molecule has 3 heteroatoms. The predicted octanol–water partition coefficient (Wildman–Crippen LogP) is 3.60. The number of ether oxygens (including phenoxy) is 1. The standard InChI is InChI=1S/C18H25NO2/c1-2-21-18(20)16(17-13-6-7-14-19-17)12-8-11-15-9-4-3-5-10-15/h3-5,9-10,19H,2,6-8,11-14H2,1H3/b17-16+. The first-order chi connectivity index (χ1) is 10.3. The summed E-state index contributed by atoms with van der Waals surface area (Å²) in [6.07, 6.45) is 6.07. The summed E-state index contributed by atoms with van der Waals surface area (Å²) in [5.74, 6) is -0.144. The van der Waals surface area contributed by atoms with Crippen LogP contribution in [-0.2, 0) is 16.0 Å². The van der Waals surface area contributed by atoms with Crippen molar-refractivity contribution in [1.82, 2.24) is 5.32 Å². The zero-order chi connectivity index (χ0) is 14.9. The molecule has 0 amide bonds. The van der Waals surface area contributed by atoms with Crippen molar-refractivity contribution >= 4 is 5.97 Å². The number of benzene rings is 1. The average Bonchev–Trinajstić information content (AvgIpc) is 2.53. The number of piperidine rings is 1. The van der Waals surface area contributed by atoms with Crippen molar-refractivity contribution in [3.8, 4) is 0 Å². The van der Waals surface area contributed by atoms with Gasteiger partial charge >= 0.3 is 5.97 Å². The Balaban J connectivity index is 1.97. The van der Waals surface area contributed by atoms with Crippen LogP contribution in [0.2, 0.25) is 0 Å². The van der Waals surface area contributed by atoms with Crippen LogP contribution in [0.5, 0.6) is 0 Å². The minimum atomic E-state index is -0.144. The van der Waals surface area contributed by atoms with Gasteiger partial charge in [0, 0.05) is 12.2 Å². The summed E-state index contributed by atoms with van der Waals surface area (Å²) < 4.78 is 5.22. The van der Waals surface area contributed by atoms with Crippen LogP contribution in [0.1, 0.15) is 44.6 Å². The lowest BCUT2D eigenvalue weighted by Gasteiger charge is -2.20. The number of hydrogen-bond donors (Lipinski definition) is 1. The van der Waals surface area contributed by atoms with E-state index in [0.717, 1.165) is 49.9 Å². The lowest BCUT2D eigenvalue weighted by molar-refractivity contribution is -0.138. The molecule has 1 aliphatic rings. The number of esters is 1. The predicted molar refractivity (Wildman–Crippen MR) is 84.9 cm³/mol. The van der Waals surface area contributed by atoms with E-state index < -0.39 is 0 Å². The van der Waals surface area contributed by atoms with E-state index in [9.17, 15) is 4.79 Å². The van der Waals surface area contributed by atoms with E-state index in [0.29, 0.717) is 6.61 Å². The molecule has 1 aromatic carbocycles. The van der Waals surface area contributed by atoms with E-state index in [1.54, 1.807) is 0 Å². The summed E-state index contributed by atoms with van der Waals surface area (Å²) in [5, 5.41) is 3.39. The largest absolute Gasteiger partial charge is 0.463 e. The van der Waals surface area contributed by atoms with Crippen LogP contribution >= 0.6 is 0 Å². The molecular weight excluding hydrogens is 262 g/mol. The highest BCUT2D eigenvalue weighted by Gasteiger charge is 2.18. The lowest BCUT2D eigenvalue weighted by Crippen LogP contribution is -2.24. The Bertz CT molecular complexity index is 471. The number of aryl methyl sites for hydroxylation is 1. The molecule has 0 aliphatic carbocycles. The van der Waals surface area contributed by atoms with Crippen molar-refractivity contribution in [3.63, 3.8) is 0 Å². The minimum absolute atomic E-state index is 0.144. The van der Waals surface area contributed by atoms with Gasteiger partial charge in [0.1, 0.15) is 0 Å². The summed E-state index contributed by atoms with van der Waals surface area (Å²) in [6.45, 7) is 3.27. The second kappa shape index (κ2) is 8.50. The molecule has 2 rings (SSSR count). The van der Waals surface area contributed by atoms with E-state index >= 15 is 0 Å². The normalized spacial score (nSPS) is 17.0. The molecule has 0 bridgehead atoms. The zero-order valence-corrected chi connectivity index (χ0v) is 12.9. The highest BCUT2D eigenvalue weighted by atomic mass is 16.5. The monoisotopic (exact) mass is 287 g/mol. The Morgan fingerprint density at radius 2 is 2.05 bits per heavy atom. The molecule has 0 unspecified atom stereocenters. The molecule has 3 nitrogen and oxygen atoms in total. The van der Waals surface area contributed by atoms with Crippen LogP contribution in [0.15, 0.2) is 41.6 Å². The van der Waals surface area contributed by atoms with Crippen molar-refractivity contribution in [2.24, 2.45) is 0 Å². The van der Waals surface area contributed by atoms with E-state index in [-0.39, 0.29) is 5.97 Å². The first kappa shape index (κ1) is 15.6. The van der Waals surface area contributed by atoms with Crippen LogP contribution < -0.4 is 5.32 Å². The first-order valence-electron chi connectivity index (χ1n) is 7.98. The third-order valence-corrected chi connectivity index (χ3v) is 3.81. The smallest absolute Gasteiger partial charge is 0.335 e. The molecule has 1 heterocycles. The van der Waals surface area contributed by atoms with E-state index in [2.05, 4.69) is 29.6 Å². The SMILES string of the molecule is CCOC(=O)/C(CCCc1ccccc1)=C1\CCCCN1. The van der Waals surface area contributed by atoms with Crippen LogP contribution in [0, 0.1) is 0 Å². The molecule has 0 atom stereocenters. The van der Waals surface area contributed by atoms with E-state index in [4.69, 9.17) is 4.74 Å². The van der Waals surface area contributed by atoms with E-state index in [1.165, 1.54) is 12.0 Å². The van der Waals surface area contributed by atoms with Gasteiger partial charge in [0.25, 0.3) is 0 Å². The third kappa shape index (κ3) is 4.92. The highest BCUT2D eigenvalue weighted by Crippen LogP contribution is 2.20. The van der Waals surface area contributed by atoms with Crippen molar-refractivity contribution in [1.29, 1.82) is 0 Å². The number of carbonyl (C=O) groups excluding carboxylic acids is 1. The summed E-state index contributed by atoms with van der Waals surface area (Å²) in [4.78, 5) is 12.2. The molecule has 0 spiro atoms. The maximum Gasteiger partial charge on any atom is 0.335 e. The average molecular weight is 287 g/mol. The Morgan fingerprint density at radius 3 is 2.71 bits per heavy atom. The van der Waals surface area contributed by atoms with Gasteiger partial charge in [0.15, 0.2) is 0 Å². The minimum Gasteiger partial charge on any atom is -0.463 e. The molecule has 1 saturated heterocycles. The van der Waals surface area contributed by atoms with Crippen molar-refractivity contribution in [3.05, 3.63) is 47.2 Å². The maximum absolute atomic E-state index is 12.2. The van der Waals surface area contributed by atoms with Crippen LogP contribution in [0.4, 0.5) is 0 Å². The summed E-state index contributed by atoms with van der Waals surface area (Å²) >= 11 is 0. The molecule has 1 N–H and O–H groups in total. The van der Waals surface area contributed by atoms with Gasteiger partial charge < -0.3 is 10.1 Å². The first-order valence-corrected chi connectivity index (χ1v) is 7.98. The quantitative estimate of drug-likeness (QED) is 0.642. The summed E-state index contributed by atoms with van der Waals surface area (Å²) in [7, 11) is 0. The molecule has 1 aliphatic heterocycles. The summed E-state index contributed by atoms with van der Waals surface area (Å²) in [5.41, 5.74) is 3.28. The second-order valence-corrected chi connectivity index (χ2v) is 5.40. The fourth-order valence-corrected chi connectivity index (χ4v) is 2.72. The van der Waals surface area contributed by atoms with Crippen LogP contribution in [0.3, 0.4) is 0 Å². The van der Waals surface area contributed by atoms with Gasteiger partial charge in [-0.15, -0.1) is 0 Å². The summed E-state index contributed by atoms with van der Waals surface area (Å²) in [6, 6.07) is 10.4. The molecular formula is C18H25NO2. The van der Waals surface area contributed by atoms with Gasteiger partial charge in [-0.05, 0) is 51.0 Å². The van der Waals surface area contributed by atoms with Crippen LogP contribution in [0.25, 0.3) is 0 Å². The number of rotatable bonds is 6. The van der Waals surface area contributed by atoms with Crippen molar-refractivity contribution < 1.29 is 9.53 Å². The van der Waals surface area contributed by atoms with E-state index in [1.807, 2.05) is 13.0 Å². The molecule has 21 heavy (non-hydrogen) atoms. The number of carbonyl (C=O) groups is 1. The van der Waals surface area contributed by atoms with Gasteiger partial charge in [-0.25, -0.2) is 4.79 Å². The highest BCUT2D eigenvalue weighted by molar-refractivity contribution is 5.89. The Kier molecular flexibility index (Phi) is 6.32. The number of nitrogens with one attached hydrogen (secondary N) is 1. The molecule has 1 fully saturated rings.